The van der Waals surface area contributed by atoms with E-state index >= 15 is 0 Å². The first-order chi connectivity index (χ1) is 15.9. The van der Waals surface area contributed by atoms with Crippen molar-refractivity contribution in [2.75, 3.05) is 27.3 Å². The molecule has 0 saturated carbocycles. The SMILES string of the molecule is CCN(Cc1ccc(OC)c(OC)c1)C(=O)CN1C(=O)N[C@@]2(CCCc3ccccc32)C1=O. The van der Waals surface area contributed by atoms with Gasteiger partial charge in [-0.05, 0) is 55.0 Å². The van der Waals surface area contributed by atoms with E-state index in [0.717, 1.165) is 34.4 Å². The number of hydrogen-bond acceptors (Lipinski definition) is 5. The second-order valence-corrected chi connectivity index (χ2v) is 8.33. The number of ether oxygens (including phenoxy) is 2. The van der Waals surface area contributed by atoms with Crippen LogP contribution < -0.4 is 14.8 Å². The van der Waals surface area contributed by atoms with E-state index in [1.165, 1.54) is 0 Å². The van der Waals surface area contributed by atoms with Crippen LogP contribution in [-0.4, -0.2) is 55.0 Å². The fourth-order valence-electron chi connectivity index (χ4n) is 4.77. The number of nitrogens with zero attached hydrogens (tertiary/aromatic N) is 2. The number of carbonyl (C=O) groups is 3. The van der Waals surface area contributed by atoms with Crippen molar-refractivity contribution in [2.45, 2.75) is 38.3 Å². The van der Waals surface area contributed by atoms with Gasteiger partial charge in [0.25, 0.3) is 5.91 Å². The Morgan fingerprint density at radius 2 is 1.88 bits per heavy atom. The molecule has 2 aliphatic rings. The summed E-state index contributed by atoms with van der Waals surface area (Å²) in [4.78, 5) is 42.1. The van der Waals surface area contributed by atoms with E-state index in [-0.39, 0.29) is 18.4 Å². The molecule has 0 radical (unpaired) electrons. The Kier molecular flexibility index (Phi) is 6.26. The summed E-state index contributed by atoms with van der Waals surface area (Å²) in [6, 6.07) is 12.6. The third-order valence-corrected chi connectivity index (χ3v) is 6.50. The predicted octanol–water partition coefficient (Wildman–Crippen LogP) is 2.84. The molecule has 4 amide bonds. The number of benzene rings is 2. The van der Waals surface area contributed by atoms with Gasteiger partial charge in [0.2, 0.25) is 5.91 Å². The van der Waals surface area contributed by atoms with Crippen LogP contribution in [0.2, 0.25) is 0 Å². The quantitative estimate of drug-likeness (QED) is 0.654. The molecule has 1 fully saturated rings. The molecule has 174 valence electrons. The predicted molar refractivity (Wildman–Crippen MR) is 122 cm³/mol. The van der Waals surface area contributed by atoms with Gasteiger partial charge < -0.3 is 19.7 Å². The molecule has 2 aromatic carbocycles. The molecule has 8 heteroatoms. The normalized spacial score (nSPS) is 19.3. The van der Waals surface area contributed by atoms with Gasteiger partial charge in [0.05, 0.1) is 14.2 Å². The highest BCUT2D eigenvalue weighted by molar-refractivity contribution is 6.09. The maximum absolute atomic E-state index is 13.5. The minimum Gasteiger partial charge on any atom is -0.493 e. The number of aryl methyl sites for hydroxylation is 1. The van der Waals surface area contributed by atoms with Crippen LogP contribution in [0.1, 0.15) is 36.5 Å². The fourth-order valence-corrected chi connectivity index (χ4v) is 4.77. The highest BCUT2D eigenvalue weighted by Gasteiger charge is 2.54. The molecule has 0 unspecified atom stereocenters. The first-order valence-electron chi connectivity index (χ1n) is 11.1. The molecule has 33 heavy (non-hydrogen) atoms. The van der Waals surface area contributed by atoms with Crippen LogP contribution in [0.15, 0.2) is 42.5 Å². The van der Waals surface area contributed by atoms with Gasteiger partial charge in [0.15, 0.2) is 11.5 Å². The molecule has 4 rings (SSSR count). The number of urea groups is 1. The maximum atomic E-state index is 13.5. The number of amides is 4. The Bertz CT molecular complexity index is 1090. The lowest BCUT2D eigenvalue weighted by atomic mass is 9.76. The van der Waals surface area contributed by atoms with Crippen LogP contribution >= 0.6 is 0 Å². The number of rotatable bonds is 7. The van der Waals surface area contributed by atoms with Crippen molar-refractivity contribution in [2.24, 2.45) is 0 Å². The van der Waals surface area contributed by atoms with Gasteiger partial charge in [0.1, 0.15) is 12.1 Å². The average molecular weight is 452 g/mol. The van der Waals surface area contributed by atoms with E-state index in [2.05, 4.69) is 5.32 Å². The molecule has 1 atom stereocenters. The number of methoxy groups -OCH3 is 2. The lowest BCUT2D eigenvalue weighted by Gasteiger charge is -2.33. The number of imide groups is 1. The summed E-state index contributed by atoms with van der Waals surface area (Å²) in [6.07, 6.45) is 2.20. The lowest BCUT2D eigenvalue weighted by molar-refractivity contribution is -0.139. The summed E-state index contributed by atoms with van der Waals surface area (Å²) in [5.41, 5.74) is 1.68. The van der Waals surface area contributed by atoms with Crippen molar-refractivity contribution in [3.05, 3.63) is 59.2 Å². The number of carbonyl (C=O) groups excluding carboxylic acids is 3. The Balaban J connectivity index is 1.51. The Hall–Kier alpha value is -3.55. The third-order valence-electron chi connectivity index (χ3n) is 6.50. The van der Waals surface area contributed by atoms with Gasteiger partial charge in [-0.25, -0.2) is 4.79 Å². The molecule has 1 spiro atoms. The second kappa shape index (κ2) is 9.13. The summed E-state index contributed by atoms with van der Waals surface area (Å²) >= 11 is 0. The van der Waals surface area contributed by atoms with Crippen LogP contribution in [0.5, 0.6) is 11.5 Å². The van der Waals surface area contributed by atoms with Crippen LogP contribution in [0.25, 0.3) is 0 Å². The van der Waals surface area contributed by atoms with E-state index < -0.39 is 11.6 Å². The first kappa shape index (κ1) is 22.6. The van der Waals surface area contributed by atoms with Gasteiger partial charge in [-0.15, -0.1) is 0 Å². The molecular formula is C25H29N3O5. The zero-order valence-corrected chi connectivity index (χ0v) is 19.2. The van der Waals surface area contributed by atoms with Gasteiger partial charge in [0, 0.05) is 13.1 Å². The van der Waals surface area contributed by atoms with Crippen molar-refractivity contribution in [3.8, 4) is 11.5 Å². The summed E-state index contributed by atoms with van der Waals surface area (Å²) < 4.78 is 10.6. The van der Waals surface area contributed by atoms with E-state index in [0.29, 0.717) is 31.0 Å². The van der Waals surface area contributed by atoms with Gasteiger partial charge in [-0.3, -0.25) is 14.5 Å². The van der Waals surface area contributed by atoms with Crippen LogP contribution in [-0.2, 0) is 28.1 Å². The van der Waals surface area contributed by atoms with Crippen molar-refractivity contribution < 1.29 is 23.9 Å². The minimum absolute atomic E-state index is 0.295. The fraction of sp³-hybridized carbons (Fsp3) is 0.400. The van der Waals surface area contributed by atoms with Gasteiger partial charge in [-0.2, -0.15) is 0 Å². The summed E-state index contributed by atoms with van der Waals surface area (Å²) in [5.74, 6) is 0.533. The van der Waals surface area contributed by atoms with E-state index in [9.17, 15) is 14.4 Å². The smallest absolute Gasteiger partial charge is 0.325 e. The minimum atomic E-state index is -1.08. The molecule has 0 aromatic heterocycles. The largest absolute Gasteiger partial charge is 0.493 e. The number of nitrogens with one attached hydrogen (secondary N) is 1. The Labute approximate surface area is 193 Å². The monoisotopic (exact) mass is 451 g/mol. The van der Waals surface area contributed by atoms with Crippen LogP contribution in [0.4, 0.5) is 4.79 Å². The average Bonchev–Trinajstić information content (AvgIpc) is 3.07. The topological polar surface area (TPSA) is 88.2 Å². The Morgan fingerprint density at radius 1 is 1.12 bits per heavy atom. The molecule has 8 nitrogen and oxygen atoms in total. The molecule has 1 aliphatic heterocycles. The van der Waals surface area contributed by atoms with Crippen molar-refractivity contribution in [1.82, 2.24) is 15.1 Å². The number of fused-ring (bicyclic) bond motifs is 2. The number of hydrogen-bond donors (Lipinski definition) is 1. The molecular weight excluding hydrogens is 422 g/mol. The molecule has 0 bridgehead atoms. The number of likely N-dealkylation sites (N-methyl/N-ethyl adjacent to an activating group) is 1. The third kappa shape index (κ3) is 4.01. The van der Waals surface area contributed by atoms with E-state index in [4.69, 9.17) is 9.47 Å². The van der Waals surface area contributed by atoms with Crippen LogP contribution in [0, 0.1) is 0 Å². The molecule has 1 N–H and O–H groups in total. The molecule has 1 saturated heterocycles. The van der Waals surface area contributed by atoms with Crippen LogP contribution in [0.3, 0.4) is 0 Å². The second-order valence-electron chi connectivity index (χ2n) is 8.33. The van der Waals surface area contributed by atoms with Gasteiger partial charge in [-0.1, -0.05) is 30.3 Å². The zero-order valence-electron chi connectivity index (χ0n) is 19.2. The van der Waals surface area contributed by atoms with E-state index in [1.54, 1.807) is 25.2 Å². The van der Waals surface area contributed by atoms with E-state index in [1.807, 2.05) is 43.3 Å². The van der Waals surface area contributed by atoms with Crippen molar-refractivity contribution in [1.29, 1.82) is 0 Å². The molecule has 1 heterocycles. The standard InChI is InChI=1S/C25H29N3O5/c1-4-27(15-17-11-12-20(32-2)21(14-17)33-3)22(29)16-28-23(30)25(26-24(28)31)13-7-9-18-8-5-6-10-19(18)25/h5-6,8,10-12,14H,4,7,9,13,15-16H2,1-3H3,(H,26,31)/t25-/m1/s1. The highest BCUT2D eigenvalue weighted by Crippen LogP contribution is 2.39. The summed E-state index contributed by atoms with van der Waals surface area (Å²) in [5, 5.41) is 2.90. The summed E-state index contributed by atoms with van der Waals surface area (Å²) in [6.45, 7) is 2.33. The van der Waals surface area contributed by atoms with Crippen molar-refractivity contribution >= 4 is 17.8 Å². The summed E-state index contributed by atoms with van der Waals surface area (Å²) in [7, 11) is 3.12. The van der Waals surface area contributed by atoms with Crippen molar-refractivity contribution in [3.63, 3.8) is 0 Å². The molecule has 2 aromatic rings. The van der Waals surface area contributed by atoms with Gasteiger partial charge >= 0.3 is 6.03 Å². The highest BCUT2D eigenvalue weighted by atomic mass is 16.5. The zero-order chi connectivity index (χ0) is 23.6. The first-order valence-corrected chi connectivity index (χ1v) is 11.1. The Morgan fingerprint density at radius 3 is 2.61 bits per heavy atom. The maximum Gasteiger partial charge on any atom is 0.325 e. The lowest BCUT2D eigenvalue weighted by Crippen LogP contribution is -2.47. The molecule has 1 aliphatic carbocycles.